The van der Waals surface area contributed by atoms with Crippen LogP contribution in [-0.2, 0) is 0 Å². The number of β-amino-alcohol motifs (C(OH)–C–C–N with tert-alkyl or cyclic N) is 1. The third kappa shape index (κ3) is 1.96. The van der Waals surface area contributed by atoms with Crippen LogP contribution in [0.2, 0.25) is 0 Å². The second-order valence-corrected chi connectivity index (χ2v) is 3.68. The minimum atomic E-state index is -0.207. The Morgan fingerprint density at radius 2 is 2.36 bits per heavy atom. The van der Waals surface area contributed by atoms with Gasteiger partial charge < -0.3 is 15.7 Å². The molecule has 2 rings (SSSR count). The number of rotatable bonds is 1. The van der Waals surface area contributed by atoms with E-state index in [1.807, 2.05) is 6.07 Å². The summed E-state index contributed by atoms with van der Waals surface area (Å²) in [4.78, 5) is 6.17. The van der Waals surface area contributed by atoms with E-state index in [1.165, 1.54) is 0 Å². The number of hydrogen-bond donors (Lipinski definition) is 2. The minimum absolute atomic E-state index is 0.207. The molecule has 0 bridgehead atoms. The maximum absolute atomic E-state index is 9.51. The number of anilines is 2. The Kier molecular flexibility index (Phi) is 2.54. The summed E-state index contributed by atoms with van der Waals surface area (Å²) in [7, 11) is 0. The van der Waals surface area contributed by atoms with E-state index in [0.717, 1.165) is 25.1 Å². The Hall–Kier alpha value is -1.29. The van der Waals surface area contributed by atoms with Gasteiger partial charge in [-0.1, -0.05) is 0 Å². The monoisotopic (exact) mass is 193 g/mol. The van der Waals surface area contributed by atoms with Crippen LogP contribution in [0.5, 0.6) is 0 Å². The predicted molar refractivity (Wildman–Crippen MR) is 56.1 cm³/mol. The third-order valence-corrected chi connectivity index (χ3v) is 2.53. The number of hydrogen-bond acceptors (Lipinski definition) is 4. The summed E-state index contributed by atoms with van der Waals surface area (Å²) in [6.07, 6.45) is 3.49. The number of pyridine rings is 1. The lowest BCUT2D eigenvalue weighted by atomic mass is 10.1. The molecule has 1 saturated heterocycles. The minimum Gasteiger partial charge on any atom is -0.391 e. The summed E-state index contributed by atoms with van der Waals surface area (Å²) in [5, 5.41) is 9.51. The lowest BCUT2D eigenvalue weighted by Crippen LogP contribution is -2.38. The molecule has 1 fully saturated rings. The molecule has 0 spiro atoms. The topological polar surface area (TPSA) is 62.4 Å². The van der Waals surface area contributed by atoms with Crippen molar-refractivity contribution in [3.8, 4) is 0 Å². The maximum Gasteiger partial charge on any atom is 0.123 e. The van der Waals surface area contributed by atoms with Crippen molar-refractivity contribution in [3.05, 3.63) is 18.3 Å². The van der Waals surface area contributed by atoms with Gasteiger partial charge in [-0.3, -0.25) is 0 Å². The molecule has 0 aromatic carbocycles. The molecule has 0 aliphatic carbocycles. The van der Waals surface area contributed by atoms with E-state index in [9.17, 15) is 5.11 Å². The van der Waals surface area contributed by atoms with Crippen molar-refractivity contribution in [3.63, 3.8) is 0 Å². The van der Waals surface area contributed by atoms with E-state index < -0.39 is 0 Å². The molecule has 3 N–H and O–H groups in total. The molecule has 1 atom stereocenters. The molecule has 0 radical (unpaired) electrons. The van der Waals surface area contributed by atoms with Crippen molar-refractivity contribution in [2.24, 2.45) is 0 Å². The highest BCUT2D eigenvalue weighted by Crippen LogP contribution is 2.19. The fourth-order valence-corrected chi connectivity index (χ4v) is 1.77. The zero-order valence-corrected chi connectivity index (χ0v) is 8.06. The third-order valence-electron chi connectivity index (χ3n) is 2.53. The van der Waals surface area contributed by atoms with Gasteiger partial charge in [0.15, 0.2) is 0 Å². The van der Waals surface area contributed by atoms with Crippen LogP contribution in [-0.4, -0.2) is 29.3 Å². The number of nitrogen functional groups attached to an aromatic ring is 1. The summed E-state index contributed by atoms with van der Waals surface area (Å²) < 4.78 is 0. The van der Waals surface area contributed by atoms with Gasteiger partial charge in [0, 0.05) is 13.1 Å². The second kappa shape index (κ2) is 3.84. The molecule has 1 aromatic rings. The van der Waals surface area contributed by atoms with E-state index in [0.29, 0.717) is 12.4 Å². The number of nitrogens with two attached hydrogens (primary N) is 1. The summed E-state index contributed by atoms with van der Waals surface area (Å²) in [5.74, 6) is 0.534. The van der Waals surface area contributed by atoms with E-state index in [2.05, 4.69) is 9.88 Å². The lowest BCUT2D eigenvalue weighted by Gasteiger charge is -2.31. The standard InChI is InChI=1S/C10H15N3O/c11-10-4-3-8(6-12-10)13-5-1-2-9(14)7-13/h3-4,6,9,14H,1-2,5,7H2,(H2,11,12). The Labute approximate surface area is 83.4 Å². The first-order valence-electron chi connectivity index (χ1n) is 4.90. The molecular weight excluding hydrogens is 178 g/mol. The molecule has 1 aromatic heterocycles. The van der Waals surface area contributed by atoms with E-state index in [4.69, 9.17) is 5.73 Å². The molecule has 0 saturated carbocycles. The van der Waals surface area contributed by atoms with Gasteiger partial charge in [0.2, 0.25) is 0 Å². The van der Waals surface area contributed by atoms with Crippen LogP contribution >= 0.6 is 0 Å². The highest BCUT2D eigenvalue weighted by Gasteiger charge is 2.17. The van der Waals surface area contributed by atoms with Crippen LogP contribution in [0.1, 0.15) is 12.8 Å². The molecule has 1 aliphatic heterocycles. The quantitative estimate of drug-likeness (QED) is 0.686. The van der Waals surface area contributed by atoms with Crippen LogP contribution in [0.25, 0.3) is 0 Å². The Bertz CT molecular complexity index is 299. The first kappa shape index (κ1) is 9.27. The molecule has 1 unspecified atom stereocenters. The maximum atomic E-state index is 9.51. The largest absolute Gasteiger partial charge is 0.391 e. The fraction of sp³-hybridized carbons (Fsp3) is 0.500. The highest BCUT2D eigenvalue weighted by molar-refractivity contribution is 5.48. The predicted octanol–water partition coefficient (Wildman–Crippen LogP) is 0.625. The van der Waals surface area contributed by atoms with Crippen molar-refractivity contribution in [2.45, 2.75) is 18.9 Å². The van der Waals surface area contributed by atoms with Crippen molar-refractivity contribution >= 4 is 11.5 Å². The molecule has 14 heavy (non-hydrogen) atoms. The Morgan fingerprint density at radius 3 is 3.00 bits per heavy atom. The molecule has 0 amide bonds. The van der Waals surface area contributed by atoms with Crippen LogP contribution in [0.3, 0.4) is 0 Å². The number of piperidine rings is 1. The second-order valence-electron chi connectivity index (χ2n) is 3.68. The van der Waals surface area contributed by atoms with Crippen LogP contribution in [0.4, 0.5) is 11.5 Å². The summed E-state index contributed by atoms with van der Waals surface area (Å²) in [6, 6.07) is 3.73. The zero-order chi connectivity index (χ0) is 9.97. The zero-order valence-electron chi connectivity index (χ0n) is 8.06. The van der Waals surface area contributed by atoms with Gasteiger partial charge in [-0.05, 0) is 25.0 Å². The molecular formula is C10H15N3O. The van der Waals surface area contributed by atoms with E-state index in [-0.39, 0.29) is 6.10 Å². The highest BCUT2D eigenvalue weighted by atomic mass is 16.3. The molecule has 76 valence electrons. The van der Waals surface area contributed by atoms with Gasteiger partial charge in [-0.2, -0.15) is 0 Å². The van der Waals surface area contributed by atoms with Gasteiger partial charge in [0.1, 0.15) is 5.82 Å². The van der Waals surface area contributed by atoms with Gasteiger partial charge in [-0.25, -0.2) is 4.98 Å². The van der Waals surface area contributed by atoms with Crippen molar-refractivity contribution in [1.82, 2.24) is 4.98 Å². The smallest absolute Gasteiger partial charge is 0.123 e. The summed E-state index contributed by atoms with van der Waals surface area (Å²) in [5.41, 5.74) is 6.54. The van der Waals surface area contributed by atoms with Crippen molar-refractivity contribution in [1.29, 1.82) is 0 Å². The average Bonchev–Trinajstić information content (AvgIpc) is 2.19. The first-order valence-corrected chi connectivity index (χ1v) is 4.90. The summed E-state index contributed by atoms with van der Waals surface area (Å²) >= 11 is 0. The Morgan fingerprint density at radius 1 is 1.50 bits per heavy atom. The SMILES string of the molecule is Nc1ccc(N2CCCC(O)C2)cn1. The van der Waals surface area contributed by atoms with Crippen LogP contribution in [0, 0.1) is 0 Å². The van der Waals surface area contributed by atoms with Gasteiger partial charge in [0.25, 0.3) is 0 Å². The van der Waals surface area contributed by atoms with Gasteiger partial charge in [-0.15, -0.1) is 0 Å². The Balaban J connectivity index is 2.10. The number of aliphatic hydroxyl groups is 1. The molecule has 4 nitrogen and oxygen atoms in total. The van der Waals surface area contributed by atoms with Crippen molar-refractivity contribution in [2.75, 3.05) is 23.7 Å². The number of aliphatic hydroxyl groups excluding tert-OH is 1. The lowest BCUT2D eigenvalue weighted by molar-refractivity contribution is 0.154. The molecule has 4 heteroatoms. The van der Waals surface area contributed by atoms with E-state index >= 15 is 0 Å². The van der Waals surface area contributed by atoms with Crippen LogP contribution in [0.15, 0.2) is 18.3 Å². The number of aromatic nitrogens is 1. The van der Waals surface area contributed by atoms with Crippen molar-refractivity contribution < 1.29 is 5.11 Å². The fourth-order valence-electron chi connectivity index (χ4n) is 1.77. The normalized spacial score (nSPS) is 22.4. The average molecular weight is 193 g/mol. The van der Waals surface area contributed by atoms with Gasteiger partial charge >= 0.3 is 0 Å². The number of nitrogens with zero attached hydrogens (tertiary/aromatic N) is 2. The van der Waals surface area contributed by atoms with Crippen LogP contribution < -0.4 is 10.6 Å². The molecule has 2 heterocycles. The molecule has 1 aliphatic rings. The van der Waals surface area contributed by atoms with Gasteiger partial charge in [0.05, 0.1) is 18.0 Å². The van der Waals surface area contributed by atoms with E-state index in [1.54, 1.807) is 12.3 Å². The first-order chi connectivity index (χ1) is 6.75. The summed E-state index contributed by atoms with van der Waals surface area (Å²) in [6.45, 7) is 1.69.